The zero-order chi connectivity index (χ0) is 16.4. The van der Waals surface area contributed by atoms with Crippen molar-refractivity contribution in [1.82, 2.24) is 9.97 Å². The number of ether oxygens (including phenoxy) is 1. The fraction of sp³-hybridized carbons (Fsp3) is 0.368. The van der Waals surface area contributed by atoms with Gasteiger partial charge in [-0.25, -0.2) is 0 Å². The third kappa shape index (κ3) is 3.07. The van der Waals surface area contributed by atoms with Crippen molar-refractivity contribution in [2.45, 2.75) is 32.2 Å². The lowest BCUT2D eigenvalue weighted by Crippen LogP contribution is -2.43. The molecule has 1 aliphatic heterocycles. The van der Waals surface area contributed by atoms with Crippen LogP contribution < -0.4 is 9.64 Å². The van der Waals surface area contributed by atoms with Gasteiger partial charge in [0.25, 0.3) is 6.01 Å². The van der Waals surface area contributed by atoms with Gasteiger partial charge in [-0.05, 0) is 56.0 Å². The number of nitrogens with zero attached hydrogens (tertiary/aromatic N) is 3. The fourth-order valence-corrected chi connectivity index (χ4v) is 3.19. The molecule has 3 aromatic rings. The summed E-state index contributed by atoms with van der Waals surface area (Å²) in [6.45, 7) is 3.63. The van der Waals surface area contributed by atoms with Crippen molar-refractivity contribution in [3.63, 3.8) is 0 Å². The number of aryl methyl sites for hydroxylation is 1. The molecular weight excluding hydrogens is 302 g/mol. The molecule has 1 aliphatic rings. The molecular formula is C19H21N3O2. The molecule has 0 aliphatic carbocycles. The largest absolute Gasteiger partial charge is 0.490 e. The molecule has 0 N–H and O–H groups in total. The molecule has 1 unspecified atom stereocenters. The first-order chi connectivity index (χ1) is 11.8. The Morgan fingerprint density at radius 1 is 1.29 bits per heavy atom. The minimum atomic E-state index is 0.271. The van der Waals surface area contributed by atoms with E-state index >= 15 is 0 Å². The monoisotopic (exact) mass is 323 g/mol. The van der Waals surface area contributed by atoms with Crippen molar-refractivity contribution in [2.75, 3.05) is 18.1 Å². The van der Waals surface area contributed by atoms with E-state index in [0.29, 0.717) is 12.6 Å². The zero-order valence-electron chi connectivity index (χ0n) is 13.8. The molecule has 5 heteroatoms. The molecule has 0 saturated carbocycles. The average molecular weight is 323 g/mol. The molecule has 0 amide bonds. The summed E-state index contributed by atoms with van der Waals surface area (Å²) in [5, 5.41) is 0. The van der Waals surface area contributed by atoms with Gasteiger partial charge >= 0.3 is 0 Å². The smallest absolute Gasteiger partial charge is 0.298 e. The van der Waals surface area contributed by atoms with Crippen LogP contribution in [0.2, 0.25) is 0 Å². The first kappa shape index (κ1) is 15.0. The molecule has 5 nitrogen and oxygen atoms in total. The highest BCUT2D eigenvalue weighted by Gasteiger charge is 2.27. The molecule has 0 radical (unpaired) electrons. The van der Waals surface area contributed by atoms with Crippen LogP contribution in [0.1, 0.15) is 24.8 Å². The van der Waals surface area contributed by atoms with Gasteiger partial charge in [0.1, 0.15) is 17.9 Å². The first-order valence-corrected chi connectivity index (χ1v) is 8.46. The number of hydrogen-bond donors (Lipinski definition) is 0. The highest BCUT2D eigenvalue weighted by Crippen LogP contribution is 2.28. The maximum Gasteiger partial charge on any atom is 0.298 e. The van der Waals surface area contributed by atoms with Crippen LogP contribution in [0, 0.1) is 6.92 Å². The van der Waals surface area contributed by atoms with Crippen molar-refractivity contribution < 1.29 is 9.15 Å². The summed E-state index contributed by atoms with van der Waals surface area (Å²) in [5.74, 6) is 0.802. The highest BCUT2D eigenvalue weighted by atomic mass is 16.5. The van der Waals surface area contributed by atoms with Gasteiger partial charge in [-0.15, -0.1) is 0 Å². The van der Waals surface area contributed by atoms with E-state index in [1.54, 1.807) is 12.4 Å². The number of benzene rings is 1. The quantitative estimate of drug-likeness (QED) is 0.727. The topological polar surface area (TPSA) is 51.4 Å². The second kappa shape index (κ2) is 6.51. The van der Waals surface area contributed by atoms with Crippen molar-refractivity contribution in [2.24, 2.45) is 0 Å². The van der Waals surface area contributed by atoms with Crippen LogP contribution in [-0.4, -0.2) is 29.2 Å². The number of oxazole rings is 1. The Hall–Kier alpha value is -2.56. The van der Waals surface area contributed by atoms with E-state index in [2.05, 4.69) is 27.9 Å². The molecule has 1 atom stereocenters. The summed E-state index contributed by atoms with van der Waals surface area (Å²) in [6, 6.07) is 10.9. The lowest BCUT2D eigenvalue weighted by Gasteiger charge is -2.34. The molecule has 1 aromatic carbocycles. The molecule has 2 aromatic heterocycles. The van der Waals surface area contributed by atoms with E-state index in [-0.39, 0.29) is 6.04 Å². The van der Waals surface area contributed by atoms with Crippen LogP contribution in [0.3, 0.4) is 0 Å². The predicted molar refractivity (Wildman–Crippen MR) is 93.5 cm³/mol. The summed E-state index contributed by atoms with van der Waals surface area (Å²) in [7, 11) is 0. The molecule has 1 fully saturated rings. The number of aromatic nitrogens is 2. The predicted octanol–water partition coefficient (Wildman–Crippen LogP) is 3.97. The average Bonchev–Trinajstić information content (AvgIpc) is 3.04. The van der Waals surface area contributed by atoms with E-state index in [4.69, 9.17) is 9.15 Å². The van der Waals surface area contributed by atoms with E-state index in [1.165, 1.54) is 12.0 Å². The Labute approximate surface area is 141 Å². The van der Waals surface area contributed by atoms with Crippen LogP contribution in [0.25, 0.3) is 11.1 Å². The number of piperidine rings is 1. The number of rotatable bonds is 4. The highest BCUT2D eigenvalue weighted by molar-refractivity contribution is 5.75. The van der Waals surface area contributed by atoms with E-state index < -0.39 is 0 Å². The van der Waals surface area contributed by atoms with Crippen molar-refractivity contribution in [3.05, 3.63) is 48.3 Å². The standard InChI is InChI=1S/C19H21N3O2/c1-14-7-8-17-18(11-14)24-19(21-17)22-10-3-2-5-15(22)13-23-16-6-4-9-20-12-16/h4,6-9,11-12,15H,2-3,5,10,13H2,1H3. The Bertz CT molecular complexity index is 816. The first-order valence-electron chi connectivity index (χ1n) is 8.46. The molecule has 3 heterocycles. The van der Waals surface area contributed by atoms with E-state index in [9.17, 15) is 0 Å². The van der Waals surface area contributed by atoms with Gasteiger partial charge in [-0.3, -0.25) is 4.98 Å². The lowest BCUT2D eigenvalue weighted by atomic mass is 10.0. The van der Waals surface area contributed by atoms with E-state index in [1.807, 2.05) is 24.3 Å². The van der Waals surface area contributed by atoms with Crippen LogP contribution in [0.4, 0.5) is 6.01 Å². The van der Waals surface area contributed by atoms with Gasteiger partial charge < -0.3 is 14.1 Å². The van der Waals surface area contributed by atoms with Gasteiger partial charge in [-0.1, -0.05) is 6.07 Å². The minimum Gasteiger partial charge on any atom is -0.490 e. The maximum atomic E-state index is 6.02. The van der Waals surface area contributed by atoms with Crippen molar-refractivity contribution in [3.8, 4) is 5.75 Å². The minimum absolute atomic E-state index is 0.271. The van der Waals surface area contributed by atoms with Crippen LogP contribution in [0.15, 0.2) is 47.1 Å². The number of fused-ring (bicyclic) bond motifs is 1. The van der Waals surface area contributed by atoms with Gasteiger partial charge in [-0.2, -0.15) is 4.98 Å². The molecule has 24 heavy (non-hydrogen) atoms. The summed E-state index contributed by atoms with van der Waals surface area (Å²) in [5.41, 5.74) is 2.94. The van der Waals surface area contributed by atoms with Crippen molar-refractivity contribution in [1.29, 1.82) is 0 Å². The number of anilines is 1. The van der Waals surface area contributed by atoms with Crippen LogP contribution in [-0.2, 0) is 0 Å². The third-order valence-electron chi connectivity index (χ3n) is 4.48. The maximum absolute atomic E-state index is 6.02. The zero-order valence-corrected chi connectivity index (χ0v) is 13.8. The Morgan fingerprint density at radius 2 is 2.25 bits per heavy atom. The number of pyridine rings is 1. The molecule has 124 valence electrons. The van der Waals surface area contributed by atoms with Crippen LogP contribution >= 0.6 is 0 Å². The van der Waals surface area contributed by atoms with Gasteiger partial charge in [0.2, 0.25) is 0 Å². The van der Waals surface area contributed by atoms with Crippen LogP contribution in [0.5, 0.6) is 5.75 Å². The second-order valence-electron chi connectivity index (χ2n) is 6.31. The third-order valence-corrected chi connectivity index (χ3v) is 4.48. The van der Waals surface area contributed by atoms with Gasteiger partial charge in [0.05, 0.1) is 12.2 Å². The molecule has 1 saturated heterocycles. The molecule has 0 bridgehead atoms. The normalized spacial score (nSPS) is 18.0. The van der Waals surface area contributed by atoms with Gasteiger partial charge in [0, 0.05) is 12.7 Å². The fourth-order valence-electron chi connectivity index (χ4n) is 3.19. The van der Waals surface area contributed by atoms with Crippen molar-refractivity contribution >= 4 is 17.1 Å². The van der Waals surface area contributed by atoms with Gasteiger partial charge in [0.15, 0.2) is 5.58 Å². The van der Waals surface area contributed by atoms with E-state index in [0.717, 1.165) is 36.2 Å². The summed E-state index contributed by atoms with van der Waals surface area (Å²) in [6.07, 6.45) is 6.94. The Balaban J connectivity index is 1.54. The summed E-state index contributed by atoms with van der Waals surface area (Å²) in [4.78, 5) is 11.0. The SMILES string of the molecule is Cc1ccc2nc(N3CCCCC3COc3cccnc3)oc2c1. The lowest BCUT2D eigenvalue weighted by molar-refractivity contribution is 0.254. The molecule has 0 spiro atoms. The second-order valence-corrected chi connectivity index (χ2v) is 6.31. The summed E-state index contributed by atoms with van der Waals surface area (Å²) >= 11 is 0. The Morgan fingerprint density at radius 3 is 3.12 bits per heavy atom. The molecule has 4 rings (SSSR count). The summed E-state index contributed by atoms with van der Waals surface area (Å²) < 4.78 is 11.9. The number of hydrogen-bond acceptors (Lipinski definition) is 5. The Kier molecular flexibility index (Phi) is 4.07.